The Morgan fingerprint density at radius 2 is 2.05 bits per heavy atom. The quantitative estimate of drug-likeness (QED) is 0.557. The van der Waals surface area contributed by atoms with E-state index in [1.165, 1.54) is 13.7 Å². The summed E-state index contributed by atoms with van der Waals surface area (Å²) in [6, 6.07) is 0.657. The first kappa shape index (κ1) is 17.4. The Kier molecular flexibility index (Phi) is 6.43. The molecule has 1 aliphatic heterocycles. The Labute approximate surface area is 123 Å². The van der Waals surface area contributed by atoms with Gasteiger partial charge < -0.3 is 20.3 Å². The van der Waals surface area contributed by atoms with Crippen LogP contribution in [-0.2, 0) is 9.53 Å². The van der Waals surface area contributed by atoms with E-state index in [1.54, 1.807) is 6.92 Å². The Balaban J connectivity index is 2.24. The van der Waals surface area contributed by atoms with Crippen molar-refractivity contribution in [2.45, 2.75) is 44.7 Å². The number of rotatable bonds is 7. The molecule has 1 saturated heterocycles. The van der Waals surface area contributed by atoms with Crippen molar-refractivity contribution in [1.82, 2.24) is 9.80 Å². The summed E-state index contributed by atoms with van der Waals surface area (Å²) in [6.07, 6.45) is 2.72. The predicted octanol–water partition coefficient (Wildman–Crippen LogP) is 0.929. The molecule has 0 bridgehead atoms. The molecule has 5 heteroatoms. The average molecular weight is 285 g/mol. The van der Waals surface area contributed by atoms with Crippen molar-refractivity contribution in [3.05, 3.63) is 0 Å². The molecular formula is C15H31N3O2. The maximum Gasteiger partial charge on any atom is 0.325 e. The highest BCUT2D eigenvalue weighted by Crippen LogP contribution is 2.21. The number of esters is 1. The molecule has 0 aromatic rings. The van der Waals surface area contributed by atoms with Crippen molar-refractivity contribution in [3.8, 4) is 0 Å². The van der Waals surface area contributed by atoms with Crippen LogP contribution in [0.1, 0.15) is 33.1 Å². The van der Waals surface area contributed by atoms with Gasteiger partial charge in [0.2, 0.25) is 0 Å². The van der Waals surface area contributed by atoms with Gasteiger partial charge >= 0.3 is 5.97 Å². The molecule has 3 unspecified atom stereocenters. The lowest BCUT2D eigenvalue weighted by Crippen LogP contribution is -2.45. The van der Waals surface area contributed by atoms with Crippen LogP contribution in [0.25, 0.3) is 0 Å². The van der Waals surface area contributed by atoms with E-state index in [9.17, 15) is 4.79 Å². The second-order valence-electron chi connectivity index (χ2n) is 6.63. The van der Waals surface area contributed by atoms with Crippen molar-refractivity contribution in [3.63, 3.8) is 0 Å². The molecule has 1 rings (SSSR count). The van der Waals surface area contributed by atoms with Gasteiger partial charge in [-0.2, -0.15) is 0 Å². The van der Waals surface area contributed by atoms with E-state index in [2.05, 4.69) is 30.8 Å². The zero-order valence-electron chi connectivity index (χ0n) is 13.7. The average Bonchev–Trinajstić information content (AvgIpc) is 2.75. The highest BCUT2D eigenvalue weighted by atomic mass is 16.5. The normalized spacial score (nSPS) is 26.8. The second-order valence-corrected chi connectivity index (χ2v) is 6.63. The fraction of sp³-hybridized carbons (Fsp3) is 0.933. The summed E-state index contributed by atoms with van der Waals surface area (Å²) >= 11 is 0. The molecule has 118 valence electrons. The van der Waals surface area contributed by atoms with Crippen LogP contribution in [0.15, 0.2) is 0 Å². The molecule has 1 fully saturated rings. The number of nitrogens with zero attached hydrogens (tertiary/aromatic N) is 2. The molecule has 2 N–H and O–H groups in total. The van der Waals surface area contributed by atoms with Gasteiger partial charge in [0, 0.05) is 19.1 Å². The summed E-state index contributed by atoms with van der Waals surface area (Å²) in [5.41, 5.74) is 5.11. The van der Waals surface area contributed by atoms with E-state index in [1.807, 2.05) is 0 Å². The number of likely N-dealkylation sites (N-methyl/N-ethyl adjacent to an activating group) is 1. The third kappa shape index (κ3) is 4.72. The Morgan fingerprint density at radius 1 is 1.40 bits per heavy atom. The van der Waals surface area contributed by atoms with E-state index in [0.717, 1.165) is 31.8 Å². The molecule has 0 saturated carbocycles. The van der Waals surface area contributed by atoms with Crippen molar-refractivity contribution in [2.24, 2.45) is 11.7 Å². The monoisotopic (exact) mass is 285 g/mol. The van der Waals surface area contributed by atoms with Gasteiger partial charge in [-0.3, -0.25) is 4.79 Å². The SMILES string of the molecule is COC(=O)C(C)(N)CCCCN1CC(C)C(N(C)C)C1. The Morgan fingerprint density at radius 3 is 2.55 bits per heavy atom. The van der Waals surface area contributed by atoms with Crippen molar-refractivity contribution >= 4 is 5.97 Å². The molecule has 0 aromatic carbocycles. The highest BCUT2D eigenvalue weighted by molar-refractivity contribution is 5.79. The fourth-order valence-corrected chi connectivity index (χ4v) is 3.07. The van der Waals surface area contributed by atoms with Crippen LogP contribution in [0, 0.1) is 5.92 Å². The molecule has 1 heterocycles. The number of hydrogen-bond donors (Lipinski definition) is 1. The molecule has 0 amide bonds. The minimum atomic E-state index is -0.848. The number of unbranched alkanes of at least 4 members (excludes halogenated alkanes) is 1. The Bertz CT molecular complexity index is 318. The molecular weight excluding hydrogens is 254 g/mol. The smallest absolute Gasteiger partial charge is 0.325 e. The molecule has 0 spiro atoms. The van der Waals surface area contributed by atoms with Gasteiger partial charge in [-0.1, -0.05) is 6.92 Å². The first-order valence-electron chi connectivity index (χ1n) is 7.54. The summed E-state index contributed by atoms with van der Waals surface area (Å²) in [4.78, 5) is 16.3. The van der Waals surface area contributed by atoms with Crippen LogP contribution in [0.4, 0.5) is 0 Å². The number of carbonyl (C=O) groups is 1. The minimum absolute atomic E-state index is 0.319. The maximum absolute atomic E-state index is 11.5. The van der Waals surface area contributed by atoms with Gasteiger partial charge in [-0.15, -0.1) is 0 Å². The first-order chi connectivity index (χ1) is 9.27. The van der Waals surface area contributed by atoms with Crippen molar-refractivity contribution in [1.29, 1.82) is 0 Å². The molecule has 20 heavy (non-hydrogen) atoms. The van der Waals surface area contributed by atoms with Crippen molar-refractivity contribution < 1.29 is 9.53 Å². The van der Waals surface area contributed by atoms with Crippen molar-refractivity contribution in [2.75, 3.05) is 40.8 Å². The number of likely N-dealkylation sites (tertiary alicyclic amines) is 1. The van der Waals surface area contributed by atoms with E-state index >= 15 is 0 Å². The predicted molar refractivity (Wildman–Crippen MR) is 81.5 cm³/mol. The van der Waals surface area contributed by atoms with Crippen LogP contribution in [0.3, 0.4) is 0 Å². The topological polar surface area (TPSA) is 58.8 Å². The van der Waals surface area contributed by atoms with Gasteiger partial charge in [0.1, 0.15) is 5.54 Å². The molecule has 3 atom stereocenters. The summed E-state index contributed by atoms with van der Waals surface area (Å²) in [5.74, 6) is 0.403. The lowest BCUT2D eigenvalue weighted by molar-refractivity contribution is -0.146. The zero-order valence-corrected chi connectivity index (χ0v) is 13.7. The minimum Gasteiger partial charge on any atom is -0.468 e. The van der Waals surface area contributed by atoms with E-state index in [-0.39, 0.29) is 5.97 Å². The highest BCUT2D eigenvalue weighted by Gasteiger charge is 2.31. The van der Waals surface area contributed by atoms with E-state index < -0.39 is 5.54 Å². The molecule has 0 aliphatic carbocycles. The van der Waals surface area contributed by atoms with Gasteiger partial charge in [0.25, 0.3) is 0 Å². The number of nitrogens with two attached hydrogens (primary N) is 1. The second kappa shape index (κ2) is 7.38. The number of methoxy groups -OCH3 is 1. The Hall–Kier alpha value is -0.650. The van der Waals surface area contributed by atoms with Gasteiger partial charge in [0.15, 0.2) is 0 Å². The summed E-state index contributed by atoms with van der Waals surface area (Å²) in [5, 5.41) is 0. The molecule has 5 nitrogen and oxygen atoms in total. The third-order valence-electron chi connectivity index (χ3n) is 4.38. The summed E-state index contributed by atoms with van der Waals surface area (Å²) < 4.78 is 4.72. The van der Waals surface area contributed by atoms with Crippen LogP contribution in [-0.4, -0.2) is 68.2 Å². The molecule has 0 radical (unpaired) electrons. The lowest BCUT2D eigenvalue weighted by Gasteiger charge is -2.23. The first-order valence-corrected chi connectivity index (χ1v) is 7.54. The number of ether oxygens (including phenoxy) is 1. The van der Waals surface area contributed by atoms with Gasteiger partial charge in [0.05, 0.1) is 7.11 Å². The van der Waals surface area contributed by atoms with Gasteiger partial charge in [-0.05, 0) is 52.7 Å². The van der Waals surface area contributed by atoms with Crippen LogP contribution in [0.2, 0.25) is 0 Å². The molecule has 0 aromatic heterocycles. The van der Waals surface area contributed by atoms with Gasteiger partial charge in [-0.25, -0.2) is 0 Å². The van der Waals surface area contributed by atoms with Crippen LogP contribution >= 0.6 is 0 Å². The summed E-state index contributed by atoms with van der Waals surface area (Å²) in [7, 11) is 5.70. The number of hydrogen-bond acceptors (Lipinski definition) is 5. The maximum atomic E-state index is 11.5. The summed E-state index contributed by atoms with van der Waals surface area (Å²) in [6.45, 7) is 7.47. The van der Waals surface area contributed by atoms with E-state index in [0.29, 0.717) is 12.5 Å². The molecule has 1 aliphatic rings. The number of carbonyl (C=O) groups excluding carboxylic acids is 1. The lowest BCUT2D eigenvalue weighted by atomic mass is 9.96. The third-order valence-corrected chi connectivity index (χ3v) is 4.38. The van der Waals surface area contributed by atoms with E-state index in [4.69, 9.17) is 10.5 Å². The van der Waals surface area contributed by atoms with Crippen LogP contribution < -0.4 is 5.73 Å². The zero-order chi connectivity index (χ0) is 15.3. The standard InChI is InChI=1S/C15H31N3O2/c1-12-10-18(11-13(12)17(3)4)9-7-6-8-15(2,16)14(19)20-5/h12-13H,6-11,16H2,1-5H3. The largest absolute Gasteiger partial charge is 0.468 e. The van der Waals surface area contributed by atoms with Crippen LogP contribution in [0.5, 0.6) is 0 Å². The fourth-order valence-electron chi connectivity index (χ4n) is 3.07.